The van der Waals surface area contributed by atoms with E-state index in [0.29, 0.717) is 18.3 Å². The lowest BCUT2D eigenvalue weighted by Crippen LogP contribution is -2.44. The van der Waals surface area contributed by atoms with Crippen molar-refractivity contribution in [3.63, 3.8) is 0 Å². The number of rotatable bonds is 6. The van der Waals surface area contributed by atoms with Gasteiger partial charge < -0.3 is 14.4 Å². The number of halogens is 1. The van der Waals surface area contributed by atoms with Gasteiger partial charge in [-0.2, -0.15) is 0 Å². The van der Waals surface area contributed by atoms with Gasteiger partial charge in [0, 0.05) is 22.5 Å². The highest BCUT2D eigenvalue weighted by molar-refractivity contribution is 6.31. The van der Waals surface area contributed by atoms with Crippen molar-refractivity contribution < 1.29 is 14.3 Å². The number of esters is 1. The summed E-state index contributed by atoms with van der Waals surface area (Å²) in [5.41, 5.74) is 5.09. The summed E-state index contributed by atoms with van der Waals surface area (Å²) in [6.07, 6.45) is 4.78. The molecule has 0 N–H and O–H groups in total. The molecular weight excluding hydrogens is 458 g/mol. The van der Waals surface area contributed by atoms with E-state index in [4.69, 9.17) is 21.1 Å². The van der Waals surface area contributed by atoms with Crippen LogP contribution in [0.4, 0.5) is 0 Å². The van der Waals surface area contributed by atoms with Gasteiger partial charge in [-0.3, -0.25) is 4.79 Å². The summed E-state index contributed by atoms with van der Waals surface area (Å²) in [6, 6.07) is 13.4. The van der Waals surface area contributed by atoms with Crippen LogP contribution in [0.25, 0.3) is 0 Å². The van der Waals surface area contributed by atoms with Crippen LogP contribution in [0, 0.1) is 0 Å². The van der Waals surface area contributed by atoms with Crippen LogP contribution in [0.5, 0.6) is 5.75 Å². The molecule has 3 aliphatic rings. The Labute approximate surface area is 214 Å². The van der Waals surface area contributed by atoms with E-state index >= 15 is 0 Å². The molecule has 2 aliphatic heterocycles. The maximum absolute atomic E-state index is 12.1. The highest BCUT2D eigenvalue weighted by atomic mass is 35.5. The number of hydrogen-bond donors (Lipinski definition) is 0. The highest BCUT2D eigenvalue weighted by Gasteiger charge is 2.45. The van der Waals surface area contributed by atoms with Crippen LogP contribution in [0.15, 0.2) is 36.4 Å². The largest absolute Gasteiger partial charge is 0.492 e. The number of carbonyl (C=O) groups is 1. The quantitative estimate of drug-likeness (QED) is 0.421. The summed E-state index contributed by atoms with van der Waals surface area (Å²) < 4.78 is 11.7. The average molecular weight is 496 g/mol. The smallest absolute Gasteiger partial charge is 0.307 e. The molecule has 2 aromatic rings. The fraction of sp³-hybridized carbons (Fsp3) is 0.567. The third-order valence-corrected chi connectivity index (χ3v) is 8.38. The molecule has 1 saturated carbocycles. The average Bonchev–Trinajstić information content (AvgIpc) is 3.55. The molecule has 5 rings (SSSR count). The van der Waals surface area contributed by atoms with Crippen LogP contribution < -0.4 is 4.74 Å². The second-order valence-electron chi connectivity index (χ2n) is 11.7. The van der Waals surface area contributed by atoms with E-state index in [1.165, 1.54) is 22.3 Å². The van der Waals surface area contributed by atoms with Gasteiger partial charge in [0.15, 0.2) is 0 Å². The Bertz CT molecular complexity index is 1100. The molecule has 5 heteroatoms. The number of hydrogen-bond acceptors (Lipinski definition) is 4. The van der Waals surface area contributed by atoms with Gasteiger partial charge in [0.05, 0.1) is 13.0 Å². The molecule has 1 saturated heterocycles. The Kier molecular flexibility index (Phi) is 6.65. The minimum absolute atomic E-state index is 0.109. The van der Waals surface area contributed by atoms with E-state index in [9.17, 15) is 4.79 Å². The topological polar surface area (TPSA) is 38.8 Å². The van der Waals surface area contributed by atoms with Gasteiger partial charge in [-0.25, -0.2) is 0 Å². The molecular formula is C30H38ClNO3. The monoisotopic (exact) mass is 495 g/mol. The second-order valence-corrected chi connectivity index (χ2v) is 12.1. The lowest BCUT2D eigenvalue weighted by Gasteiger charge is -2.38. The molecule has 0 bridgehead atoms. The summed E-state index contributed by atoms with van der Waals surface area (Å²) in [6.45, 7) is 11.5. The maximum Gasteiger partial charge on any atom is 0.307 e. The Hall–Kier alpha value is -2.04. The van der Waals surface area contributed by atoms with E-state index in [1.54, 1.807) is 0 Å². The van der Waals surface area contributed by atoms with Crippen LogP contribution in [-0.4, -0.2) is 42.7 Å². The summed E-state index contributed by atoms with van der Waals surface area (Å²) in [5.74, 6) is 2.00. The van der Waals surface area contributed by atoms with Crippen LogP contribution >= 0.6 is 11.6 Å². The van der Waals surface area contributed by atoms with Gasteiger partial charge in [-0.15, -0.1) is 0 Å². The number of likely N-dealkylation sites (tertiary alicyclic amines) is 1. The van der Waals surface area contributed by atoms with E-state index < -0.39 is 5.60 Å². The third kappa shape index (κ3) is 5.24. The molecule has 2 unspecified atom stereocenters. The zero-order valence-corrected chi connectivity index (χ0v) is 22.3. The van der Waals surface area contributed by atoms with Gasteiger partial charge in [-0.05, 0) is 100 Å². The molecule has 2 fully saturated rings. The van der Waals surface area contributed by atoms with Gasteiger partial charge in [-0.1, -0.05) is 42.8 Å². The summed E-state index contributed by atoms with van der Waals surface area (Å²) in [5, 5.41) is 0.893. The molecule has 4 nitrogen and oxygen atoms in total. The van der Waals surface area contributed by atoms with Crippen molar-refractivity contribution in [2.75, 3.05) is 26.2 Å². The summed E-state index contributed by atoms with van der Waals surface area (Å²) >= 11 is 6.56. The first-order valence-electron chi connectivity index (χ1n) is 13.2. The Morgan fingerprint density at radius 3 is 2.63 bits per heavy atom. The number of aryl methyl sites for hydroxylation is 1. The van der Waals surface area contributed by atoms with Gasteiger partial charge in [0.2, 0.25) is 0 Å². The fourth-order valence-electron chi connectivity index (χ4n) is 5.89. The number of carbonyl (C=O) groups excluding carboxylic acids is 1. The van der Waals surface area contributed by atoms with Crippen molar-refractivity contribution in [2.45, 2.75) is 82.7 Å². The van der Waals surface area contributed by atoms with Crippen LogP contribution in [0.1, 0.15) is 87.5 Å². The van der Waals surface area contributed by atoms with Gasteiger partial charge >= 0.3 is 5.97 Å². The summed E-state index contributed by atoms with van der Waals surface area (Å²) in [4.78, 5) is 14.5. The van der Waals surface area contributed by atoms with Crippen LogP contribution in [0.3, 0.4) is 0 Å². The lowest BCUT2D eigenvalue weighted by molar-refractivity contribution is -0.155. The molecule has 2 aromatic carbocycles. The molecule has 188 valence electrons. The first-order chi connectivity index (χ1) is 16.7. The second kappa shape index (κ2) is 9.44. The van der Waals surface area contributed by atoms with Crippen LogP contribution in [0.2, 0.25) is 5.02 Å². The van der Waals surface area contributed by atoms with E-state index in [-0.39, 0.29) is 11.4 Å². The maximum atomic E-state index is 12.1. The number of fused-ring (bicyclic) bond motifs is 2. The molecule has 0 radical (unpaired) electrons. The Morgan fingerprint density at radius 1 is 1.14 bits per heavy atom. The van der Waals surface area contributed by atoms with Crippen molar-refractivity contribution in [1.29, 1.82) is 0 Å². The molecule has 0 amide bonds. The predicted molar refractivity (Wildman–Crippen MR) is 141 cm³/mol. The molecule has 1 spiro atoms. The van der Waals surface area contributed by atoms with Crippen molar-refractivity contribution in [1.82, 2.24) is 4.90 Å². The number of nitrogens with zero attached hydrogens (tertiary/aromatic N) is 1. The fourth-order valence-corrected chi connectivity index (χ4v) is 6.14. The molecule has 2 atom stereocenters. The predicted octanol–water partition coefficient (Wildman–Crippen LogP) is 6.63. The molecule has 35 heavy (non-hydrogen) atoms. The Morgan fingerprint density at radius 2 is 1.91 bits per heavy atom. The minimum atomic E-state index is -0.418. The first kappa shape index (κ1) is 24.6. The highest BCUT2D eigenvalue weighted by Crippen LogP contribution is 2.57. The van der Waals surface area contributed by atoms with Crippen molar-refractivity contribution in [3.8, 4) is 5.75 Å². The zero-order valence-electron chi connectivity index (χ0n) is 21.5. The van der Waals surface area contributed by atoms with Crippen molar-refractivity contribution >= 4 is 17.6 Å². The minimum Gasteiger partial charge on any atom is -0.492 e. The van der Waals surface area contributed by atoms with Gasteiger partial charge in [0.25, 0.3) is 0 Å². The van der Waals surface area contributed by atoms with Crippen molar-refractivity contribution in [3.05, 3.63) is 63.7 Å². The molecule has 2 heterocycles. The third-order valence-electron chi connectivity index (χ3n) is 8.03. The SMILES string of the molecule is CCc1ccc(Cl)c(C2CC2c2ccc3c(c2)OCC32CCN(CCC(=O)OC(C)(C)C)CC2)c1. The first-order valence-corrected chi connectivity index (χ1v) is 13.5. The van der Waals surface area contributed by atoms with E-state index in [0.717, 1.165) is 62.7 Å². The Balaban J connectivity index is 1.20. The van der Waals surface area contributed by atoms with Crippen LogP contribution in [-0.2, 0) is 21.4 Å². The van der Waals surface area contributed by atoms with E-state index in [2.05, 4.69) is 48.2 Å². The number of piperidine rings is 1. The van der Waals surface area contributed by atoms with Gasteiger partial charge in [0.1, 0.15) is 11.4 Å². The van der Waals surface area contributed by atoms with Crippen molar-refractivity contribution in [2.24, 2.45) is 0 Å². The lowest BCUT2D eigenvalue weighted by atomic mass is 9.74. The normalized spacial score (nSPS) is 23.1. The number of benzene rings is 2. The molecule has 1 aliphatic carbocycles. The van der Waals surface area contributed by atoms with E-state index in [1.807, 2.05) is 20.8 Å². The standard InChI is InChI=1S/C30H38ClNO3/c1-5-20-6-9-26(31)24(16-20)23-18-22(23)21-7-8-25-27(17-21)34-19-30(25)11-14-32(15-12-30)13-10-28(33)35-29(2,3)4/h6-9,16-17,22-23H,5,10-15,18-19H2,1-4H3. The number of ether oxygens (including phenoxy) is 2. The summed E-state index contributed by atoms with van der Waals surface area (Å²) in [7, 11) is 0. The zero-order chi connectivity index (χ0) is 24.8. The molecule has 0 aromatic heterocycles.